The highest BCUT2D eigenvalue weighted by Crippen LogP contribution is 2.25. The third-order valence-corrected chi connectivity index (χ3v) is 5.60. The van der Waals surface area contributed by atoms with Gasteiger partial charge in [-0.2, -0.15) is 5.10 Å². The molecule has 1 N–H and O–H groups in total. The van der Waals surface area contributed by atoms with Gasteiger partial charge in [-0.3, -0.25) is 0 Å². The topological polar surface area (TPSA) is 90.9 Å². The fourth-order valence-electron chi connectivity index (χ4n) is 4.00. The molecule has 1 aliphatic carbocycles. The second-order valence-corrected chi connectivity index (χ2v) is 7.57. The Morgan fingerprint density at radius 1 is 1.00 bits per heavy atom. The van der Waals surface area contributed by atoms with Crippen molar-refractivity contribution in [3.63, 3.8) is 0 Å². The van der Waals surface area contributed by atoms with Crippen molar-refractivity contribution in [1.29, 1.82) is 0 Å². The molecule has 0 aromatic carbocycles. The highest BCUT2D eigenvalue weighted by molar-refractivity contribution is 5.78. The summed E-state index contributed by atoms with van der Waals surface area (Å²) in [6.07, 6.45) is 11.9. The van der Waals surface area contributed by atoms with Crippen LogP contribution in [0.1, 0.15) is 25.7 Å². The number of aromatic nitrogens is 6. The number of methoxy groups -OCH3 is 1. The second kappa shape index (κ2) is 8.37. The van der Waals surface area contributed by atoms with Gasteiger partial charge in [-0.25, -0.2) is 19.0 Å². The van der Waals surface area contributed by atoms with E-state index in [1.54, 1.807) is 17.8 Å². The largest absolute Gasteiger partial charge is 0.382 e. The monoisotopic (exact) mass is 407 g/mol. The molecular weight excluding hydrogens is 382 g/mol. The van der Waals surface area contributed by atoms with Crippen molar-refractivity contribution in [1.82, 2.24) is 29.2 Å². The molecule has 0 atom stereocenters. The first-order valence-electron chi connectivity index (χ1n) is 10.3. The zero-order valence-corrected chi connectivity index (χ0v) is 16.9. The van der Waals surface area contributed by atoms with E-state index in [0.717, 1.165) is 48.1 Å². The standard InChI is InChI=1S/C21H25N7O2/c1-29-12-13-30-16-4-2-15(3-5-16)24-21-23-14-19-17(8-10-27(19)26-21)18-6-7-20-22-9-11-28(20)25-18/h6-11,14-16H,2-5,12-13H2,1H3,(H,24,26)/t15-,16+. The maximum Gasteiger partial charge on any atom is 0.241 e. The summed E-state index contributed by atoms with van der Waals surface area (Å²) in [5.41, 5.74) is 3.59. The lowest BCUT2D eigenvalue weighted by Gasteiger charge is -2.29. The number of hydrogen-bond acceptors (Lipinski definition) is 7. The van der Waals surface area contributed by atoms with Crippen LogP contribution in [0.15, 0.2) is 43.0 Å². The molecule has 9 heteroatoms. The summed E-state index contributed by atoms with van der Waals surface area (Å²) in [5.74, 6) is 0.645. The van der Waals surface area contributed by atoms with Crippen LogP contribution in [0.3, 0.4) is 0 Å². The Hall–Kier alpha value is -3.04. The van der Waals surface area contributed by atoms with Gasteiger partial charge < -0.3 is 14.8 Å². The summed E-state index contributed by atoms with van der Waals surface area (Å²) in [6.45, 7) is 1.31. The average Bonchev–Trinajstić information content (AvgIpc) is 3.41. The molecule has 4 heterocycles. The number of imidazole rings is 1. The molecule has 4 aromatic heterocycles. The lowest BCUT2D eigenvalue weighted by molar-refractivity contribution is -0.00158. The maximum atomic E-state index is 5.85. The molecule has 0 spiro atoms. The summed E-state index contributed by atoms with van der Waals surface area (Å²) in [6, 6.07) is 6.31. The van der Waals surface area contributed by atoms with Crippen molar-refractivity contribution in [2.75, 3.05) is 25.6 Å². The number of nitrogens with one attached hydrogen (secondary N) is 1. The number of rotatable bonds is 7. The molecule has 5 rings (SSSR count). The molecule has 0 bridgehead atoms. The minimum absolute atomic E-state index is 0.328. The average molecular weight is 407 g/mol. The van der Waals surface area contributed by atoms with Crippen molar-refractivity contribution in [3.05, 3.63) is 43.0 Å². The summed E-state index contributed by atoms with van der Waals surface area (Å²) >= 11 is 0. The Labute approximate surface area is 174 Å². The third-order valence-electron chi connectivity index (χ3n) is 5.60. The predicted molar refractivity (Wildman–Crippen MR) is 112 cm³/mol. The SMILES string of the molecule is COCCO[C@H]1CC[C@@H](Nc2ncc3c(-c4ccc5nccn5n4)ccn3n2)CC1. The number of ether oxygens (including phenoxy) is 2. The fraction of sp³-hybridized carbons (Fsp3) is 0.429. The number of hydrogen-bond donors (Lipinski definition) is 1. The van der Waals surface area contributed by atoms with Crippen LogP contribution < -0.4 is 5.32 Å². The summed E-state index contributed by atoms with van der Waals surface area (Å²) in [4.78, 5) is 8.80. The zero-order valence-electron chi connectivity index (χ0n) is 16.9. The van der Waals surface area contributed by atoms with Crippen molar-refractivity contribution in [2.24, 2.45) is 0 Å². The van der Waals surface area contributed by atoms with Gasteiger partial charge in [-0.1, -0.05) is 0 Å². The quantitative estimate of drug-likeness (QED) is 0.471. The first-order valence-corrected chi connectivity index (χ1v) is 10.3. The van der Waals surface area contributed by atoms with Crippen LogP contribution in [0.2, 0.25) is 0 Å². The Balaban J connectivity index is 1.26. The van der Waals surface area contributed by atoms with Crippen LogP contribution in [-0.4, -0.2) is 61.7 Å². The van der Waals surface area contributed by atoms with E-state index in [2.05, 4.69) is 25.5 Å². The highest BCUT2D eigenvalue weighted by Gasteiger charge is 2.22. The number of anilines is 1. The normalized spacial score (nSPS) is 19.5. The van der Waals surface area contributed by atoms with E-state index >= 15 is 0 Å². The number of nitrogens with zero attached hydrogens (tertiary/aromatic N) is 6. The second-order valence-electron chi connectivity index (χ2n) is 7.57. The Morgan fingerprint density at radius 3 is 2.77 bits per heavy atom. The first-order chi connectivity index (χ1) is 14.8. The van der Waals surface area contributed by atoms with E-state index in [4.69, 9.17) is 9.47 Å². The Kier molecular flexibility index (Phi) is 5.29. The molecule has 4 aromatic rings. The number of fused-ring (bicyclic) bond motifs is 2. The molecule has 0 saturated heterocycles. The summed E-state index contributed by atoms with van der Waals surface area (Å²) in [5, 5.41) is 12.8. The molecule has 1 saturated carbocycles. The minimum atomic E-state index is 0.328. The smallest absolute Gasteiger partial charge is 0.241 e. The van der Waals surface area contributed by atoms with Gasteiger partial charge in [-0.05, 0) is 43.9 Å². The van der Waals surface area contributed by atoms with Crippen molar-refractivity contribution in [2.45, 2.75) is 37.8 Å². The van der Waals surface area contributed by atoms with Gasteiger partial charge in [0.2, 0.25) is 5.95 Å². The lowest BCUT2D eigenvalue weighted by atomic mass is 9.93. The zero-order chi connectivity index (χ0) is 20.3. The van der Waals surface area contributed by atoms with Gasteiger partial charge in [0, 0.05) is 37.3 Å². The van der Waals surface area contributed by atoms with Gasteiger partial charge in [-0.15, -0.1) is 5.10 Å². The van der Waals surface area contributed by atoms with Gasteiger partial charge in [0.05, 0.1) is 36.7 Å². The van der Waals surface area contributed by atoms with E-state index in [1.807, 2.05) is 41.3 Å². The van der Waals surface area contributed by atoms with Gasteiger partial charge in [0.15, 0.2) is 5.65 Å². The van der Waals surface area contributed by atoms with Crippen LogP contribution >= 0.6 is 0 Å². The Bertz CT molecular complexity index is 1130. The van der Waals surface area contributed by atoms with E-state index in [0.29, 0.717) is 31.3 Å². The van der Waals surface area contributed by atoms with Crippen LogP contribution in [0.25, 0.3) is 22.4 Å². The van der Waals surface area contributed by atoms with Crippen LogP contribution in [0, 0.1) is 0 Å². The van der Waals surface area contributed by atoms with Gasteiger partial charge in [0.1, 0.15) is 0 Å². The lowest BCUT2D eigenvalue weighted by Crippen LogP contribution is -2.31. The molecule has 0 amide bonds. The first kappa shape index (κ1) is 19.0. The molecule has 30 heavy (non-hydrogen) atoms. The molecule has 0 unspecified atom stereocenters. The molecule has 0 aliphatic heterocycles. The van der Waals surface area contributed by atoms with Crippen molar-refractivity contribution >= 4 is 17.1 Å². The van der Waals surface area contributed by atoms with Gasteiger partial charge in [0.25, 0.3) is 0 Å². The molecule has 1 fully saturated rings. The van der Waals surface area contributed by atoms with E-state index in [9.17, 15) is 0 Å². The highest BCUT2D eigenvalue weighted by atomic mass is 16.5. The van der Waals surface area contributed by atoms with E-state index in [-0.39, 0.29) is 0 Å². The van der Waals surface area contributed by atoms with Crippen LogP contribution in [0.4, 0.5) is 5.95 Å². The molecule has 156 valence electrons. The maximum absolute atomic E-state index is 5.85. The molecular formula is C21H25N7O2. The minimum Gasteiger partial charge on any atom is -0.382 e. The van der Waals surface area contributed by atoms with Gasteiger partial charge >= 0.3 is 0 Å². The fourth-order valence-corrected chi connectivity index (χ4v) is 4.00. The predicted octanol–water partition coefficient (Wildman–Crippen LogP) is 2.83. The molecule has 9 nitrogen and oxygen atoms in total. The molecule has 1 aliphatic rings. The summed E-state index contributed by atoms with van der Waals surface area (Å²) < 4.78 is 14.5. The van der Waals surface area contributed by atoms with E-state index in [1.165, 1.54) is 0 Å². The van der Waals surface area contributed by atoms with Crippen LogP contribution in [-0.2, 0) is 9.47 Å². The molecule has 0 radical (unpaired) electrons. The van der Waals surface area contributed by atoms with Crippen molar-refractivity contribution < 1.29 is 9.47 Å². The van der Waals surface area contributed by atoms with Crippen LogP contribution in [0.5, 0.6) is 0 Å². The third kappa shape index (κ3) is 3.86. The Morgan fingerprint density at radius 2 is 1.90 bits per heavy atom. The summed E-state index contributed by atoms with van der Waals surface area (Å²) in [7, 11) is 1.70. The van der Waals surface area contributed by atoms with E-state index < -0.39 is 0 Å². The van der Waals surface area contributed by atoms with Crippen molar-refractivity contribution in [3.8, 4) is 11.3 Å².